The molecule has 1 aromatic carbocycles. The molecule has 0 bridgehead atoms. The molecule has 1 aromatic heterocycles. The van der Waals surface area contributed by atoms with Crippen molar-refractivity contribution in [2.24, 2.45) is 0 Å². The molecular weight excluding hydrogens is 358 g/mol. The zero-order valence-electron chi connectivity index (χ0n) is 15.8. The van der Waals surface area contributed by atoms with E-state index in [1.165, 1.54) is 6.20 Å². The number of aromatic nitrogens is 1. The minimum absolute atomic E-state index is 0.0290. The van der Waals surface area contributed by atoms with Crippen molar-refractivity contribution in [3.8, 4) is 23.4 Å². The number of methoxy groups -OCH3 is 1. The SMILES string of the molecule is COc1cccc(OCC(=O)NC2CCC(Oc3ccc(C#N)cn3)CC2)c1. The lowest BCUT2D eigenvalue weighted by Crippen LogP contribution is -2.41. The van der Waals surface area contributed by atoms with Gasteiger partial charge in [-0.15, -0.1) is 0 Å². The van der Waals surface area contributed by atoms with E-state index in [1.807, 2.05) is 18.2 Å². The van der Waals surface area contributed by atoms with E-state index >= 15 is 0 Å². The summed E-state index contributed by atoms with van der Waals surface area (Å²) in [7, 11) is 1.59. The predicted octanol–water partition coefficient (Wildman–Crippen LogP) is 2.85. The van der Waals surface area contributed by atoms with E-state index in [4.69, 9.17) is 19.5 Å². The monoisotopic (exact) mass is 381 g/mol. The molecule has 28 heavy (non-hydrogen) atoms. The van der Waals surface area contributed by atoms with Crippen LogP contribution in [0.2, 0.25) is 0 Å². The van der Waals surface area contributed by atoms with E-state index in [9.17, 15) is 4.79 Å². The van der Waals surface area contributed by atoms with Gasteiger partial charge < -0.3 is 19.5 Å². The van der Waals surface area contributed by atoms with Crippen molar-refractivity contribution < 1.29 is 19.0 Å². The normalized spacial score (nSPS) is 18.6. The van der Waals surface area contributed by atoms with Crippen LogP contribution in [0.5, 0.6) is 17.4 Å². The number of rotatable bonds is 7. The van der Waals surface area contributed by atoms with Crippen molar-refractivity contribution >= 4 is 5.91 Å². The summed E-state index contributed by atoms with van der Waals surface area (Å²) < 4.78 is 16.5. The zero-order chi connectivity index (χ0) is 19.8. The van der Waals surface area contributed by atoms with Gasteiger partial charge in [0, 0.05) is 24.4 Å². The molecule has 1 aliphatic rings. The Kier molecular flexibility index (Phi) is 6.68. The number of nitrogens with zero attached hydrogens (tertiary/aromatic N) is 2. The molecule has 3 rings (SSSR count). The fourth-order valence-corrected chi connectivity index (χ4v) is 3.12. The number of ether oxygens (including phenoxy) is 3. The Morgan fingerprint density at radius 1 is 1.21 bits per heavy atom. The number of nitriles is 1. The first-order valence-electron chi connectivity index (χ1n) is 9.25. The van der Waals surface area contributed by atoms with Gasteiger partial charge >= 0.3 is 0 Å². The second kappa shape index (κ2) is 9.60. The highest BCUT2D eigenvalue weighted by Gasteiger charge is 2.24. The van der Waals surface area contributed by atoms with Crippen LogP contribution in [0.1, 0.15) is 31.2 Å². The second-order valence-corrected chi connectivity index (χ2v) is 6.62. The third kappa shape index (κ3) is 5.61. The van der Waals surface area contributed by atoms with Gasteiger partial charge in [0.15, 0.2) is 6.61 Å². The molecule has 1 heterocycles. The van der Waals surface area contributed by atoms with E-state index in [0.717, 1.165) is 25.7 Å². The lowest BCUT2D eigenvalue weighted by molar-refractivity contribution is -0.124. The molecule has 1 N–H and O–H groups in total. The number of amides is 1. The van der Waals surface area contributed by atoms with Crippen LogP contribution < -0.4 is 19.5 Å². The van der Waals surface area contributed by atoms with E-state index in [-0.39, 0.29) is 24.7 Å². The largest absolute Gasteiger partial charge is 0.497 e. The summed E-state index contributed by atoms with van der Waals surface area (Å²) in [5.41, 5.74) is 0.509. The average Bonchev–Trinajstić information content (AvgIpc) is 2.74. The third-order valence-corrected chi connectivity index (χ3v) is 4.60. The van der Waals surface area contributed by atoms with Crippen LogP contribution >= 0.6 is 0 Å². The molecule has 7 heteroatoms. The van der Waals surface area contributed by atoms with Gasteiger partial charge in [-0.05, 0) is 43.9 Å². The van der Waals surface area contributed by atoms with Crippen LogP contribution in [-0.2, 0) is 4.79 Å². The Morgan fingerprint density at radius 3 is 2.68 bits per heavy atom. The Bertz CT molecular complexity index is 824. The number of pyridine rings is 1. The number of carbonyl (C=O) groups excluding carboxylic acids is 1. The first-order valence-corrected chi connectivity index (χ1v) is 9.25. The summed E-state index contributed by atoms with van der Waals surface area (Å²) in [4.78, 5) is 16.3. The maximum absolute atomic E-state index is 12.1. The van der Waals surface area contributed by atoms with Gasteiger partial charge in [0.25, 0.3) is 5.91 Å². The highest BCUT2D eigenvalue weighted by molar-refractivity contribution is 5.77. The highest BCUT2D eigenvalue weighted by Crippen LogP contribution is 2.23. The van der Waals surface area contributed by atoms with Gasteiger partial charge in [0.1, 0.15) is 23.7 Å². The molecule has 1 saturated carbocycles. The third-order valence-electron chi connectivity index (χ3n) is 4.60. The average molecular weight is 381 g/mol. The number of nitrogens with one attached hydrogen (secondary N) is 1. The van der Waals surface area contributed by atoms with Crippen molar-refractivity contribution in [2.45, 2.75) is 37.8 Å². The summed E-state index contributed by atoms with van der Waals surface area (Å²) in [5.74, 6) is 1.67. The Morgan fingerprint density at radius 2 is 2.00 bits per heavy atom. The van der Waals surface area contributed by atoms with Gasteiger partial charge in [-0.3, -0.25) is 4.79 Å². The number of benzene rings is 1. The van der Waals surface area contributed by atoms with Gasteiger partial charge in [-0.2, -0.15) is 5.26 Å². The molecule has 0 atom stereocenters. The van der Waals surface area contributed by atoms with Gasteiger partial charge in [0.05, 0.1) is 12.7 Å². The van der Waals surface area contributed by atoms with Gasteiger partial charge in [-0.25, -0.2) is 4.98 Å². The molecular formula is C21H23N3O4. The van der Waals surface area contributed by atoms with Crippen LogP contribution in [0.25, 0.3) is 0 Å². The van der Waals surface area contributed by atoms with Crippen molar-refractivity contribution in [1.82, 2.24) is 10.3 Å². The maximum atomic E-state index is 12.1. The van der Waals surface area contributed by atoms with E-state index in [2.05, 4.69) is 10.3 Å². The van der Waals surface area contributed by atoms with Crippen molar-refractivity contribution in [1.29, 1.82) is 5.26 Å². The number of hydrogen-bond acceptors (Lipinski definition) is 6. The van der Waals surface area contributed by atoms with Crippen LogP contribution in [0.3, 0.4) is 0 Å². The molecule has 0 saturated heterocycles. The first-order chi connectivity index (χ1) is 13.7. The van der Waals surface area contributed by atoms with Crippen molar-refractivity contribution in [3.63, 3.8) is 0 Å². The standard InChI is InChI=1S/C21H23N3O4/c1-26-18-3-2-4-19(11-18)27-14-20(25)24-16-6-8-17(9-7-16)28-21-10-5-15(12-22)13-23-21/h2-5,10-11,13,16-17H,6-9,14H2,1H3,(H,24,25). The molecule has 146 valence electrons. The summed E-state index contributed by atoms with van der Waals surface area (Å²) in [6.07, 6.45) is 4.93. The molecule has 1 fully saturated rings. The van der Waals surface area contributed by atoms with Crippen LogP contribution in [-0.4, -0.2) is 36.8 Å². The molecule has 1 amide bonds. The van der Waals surface area contributed by atoms with Crippen molar-refractivity contribution in [3.05, 3.63) is 48.2 Å². The highest BCUT2D eigenvalue weighted by atomic mass is 16.5. The molecule has 2 aromatic rings. The fourth-order valence-electron chi connectivity index (χ4n) is 3.12. The zero-order valence-corrected chi connectivity index (χ0v) is 15.8. The van der Waals surface area contributed by atoms with E-state index < -0.39 is 0 Å². The minimum Gasteiger partial charge on any atom is -0.497 e. The first kappa shape index (κ1) is 19.5. The second-order valence-electron chi connectivity index (χ2n) is 6.62. The maximum Gasteiger partial charge on any atom is 0.258 e. The van der Waals surface area contributed by atoms with E-state index in [0.29, 0.717) is 22.9 Å². The van der Waals surface area contributed by atoms with Gasteiger partial charge in [0.2, 0.25) is 5.88 Å². The Labute approximate surface area is 164 Å². The lowest BCUT2D eigenvalue weighted by atomic mass is 9.93. The predicted molar refractivity (Wildman–Crippen MR) is 102 cm³/mol. The summed E-state index contributed by atoms with van der Waals surface area (Å²) in [6.45, 7) is -0.0290. The van der Waals surface area contributed by atoms with E-state index in [1.54, 1.807) is 31.4 Å². The van der Waals surface area contributed by atoms with Gasteiger partial charge in [-0.1, -0.05) is 6.07 Å². The summed E-state index contributed by atoms with van der Waals surface area (Å²) in [6, 6.07) is 12.7. The summed E-state index contributed by atoms with van der Waals surface area (Å²) >= 11 is 0. The Hall–Kier alpha value is -3.27. The number of hydrogen-bond donors (Lipinski definition) is 1. The molecule has 0 spiro atoms. The molecule has 0 radical (unpaired) electrons. The smallest absolute Gasteiger partial charge is 0.258 e. The van der Waals surface area contributed by atoms with Crippen LogP contribution in [0, 0.1) is 11.3 Å². The molecule has 0 unspecified atom stereocenters. The van der Waals surface area contributed by atoms with Crippen LogP contribution in [0.15, 0.2) is 42.6 Å². The summed E-state index contributed by atoms with van der Waals surface area (Å²) in [5, 5.41) is 11.8. The topological polar surface area (TPSA) is 93.5 Å². The van der Waals surface area contributed by atoms with Crippen molar-refractivity contribution in [2.75, 3.05) is 13.7 Å². The Balaban J connectivity index is 1.38. The number of carbonyl (C=O) groups is 1. The molecule has 7 nitrogen and oxygen atoms in total. The minimum atomic E-state index is -0.138. The molecule has 0 aliphatic heterocycles. The van der Waals surface area contributed by atoms with Crippen LogP contribution in [0.4, 0.5) is 0 Å². The quantitative estimate of drug-likeness (QED) is 0.793. The molecule has 1 aliphatic carbocycles. The lowest BCUT2D eigenvalue weighted by Gasteiger charge is -2.29. The fraction of sp³-hybridized carbons (Fsp3) is 0.381.